The predicted molar refractivity (Wildman–Crippen MR) is 85.0 cm³/mol. The molecule has 0 amide bonds. The molecular weight excluding hydrogens is 252 g/mol. The van der Waals surface area contributed by atoms with E-state index in [1.807, 2.05) is 11.3 Å². The van der Waals surface area contributed by atoms with Crippen molar-refractivity contribution in [2.75, 3.05) is 19.6 Å². The molecule has 2 N–H and O–H groups in total. The second-order valence-corrected chi connectivity index (χ2v) is 7.22. The van der Waals surface area contributed by atoms with E-state index in [2.05, 4.69) is 30.5 Å². The van der Waals surface area contributed by atoms with Crippen LogP contribution in [0.4, 0.5) is 0 Å². The number of hydrogen-bond donors (Lipinski definition) is 2. The Bertz CT molecular complexity index is 347. The topological polar surface area (TPSA) is 24.1 Å². The quantitative estimate of drug-likeness (QED) is 0.714. The van der Waals surface area contributed by atoms with Gasteiger partial charge in [0, 0.05) is 16.3 Å². The molecule has 1 aromatic heterocycles. The number of thiophene rings is 1. The van der Waals surface area contributed by atoms with Crippen LogP contribution in [0.3, 0.4) is 0 Å². The van der Waals surface area contributed by atoms with Crippen LogP contribution in [0.2, 0.25) is 0 Å². The average Bonchev–Trinajstić information content (AvgIpc) is 2.79. The van der Waals surface area contributed by atoms with Gasteiger partial charge in [0.25, 0.3) is 0 Å². The van der Waals surface area contributed by atoms with Gasteiger partial charge in [0.05, 0.1) is 0 Å². The largest absolute Gasteiger partial charge is 0.316 e. The molecule has 0 atom stereocenters. The lowest BCUT2D eigenvalue weighted by molar-refractivity contribution is 0.531. The Morgan fingerprint density at radius 3 is 2.74 bits per heavy atom. The molecular formula is C16H28N2S. The van der Waals surface area contributed by atoms with Crippen molar-refractivity contribution in [2.45, 2.75) is 52.5 Å². The number of hydrogen-bond acceptors (Lipinski definition) is 3. The van der Waals surface area contributed by atoms with Crippen LogP contribution < -0.4 is 10.6 Å². The molecule has 0 saturated carbocycles. The van der Waals surface area contributed by atoms with Crippen molar-refractivity contribution in [3.63, 3.8) is 0 Å². The van der Waals surface area contributed by atoms with E-state index in [0.29, 0.717) is 0 Å². The van der Waals surface area contributed by atoms with Gasteiger partial charge >= 0.3 is 0 Å². The van der Waals surface area contributed by atoms with Crippen molar-refractivity contribution in [3.8, 4) is 0 Å². The van der Waals surface area contributed by atoms with Crippen molar-refractivity contribution < 1.29 is 0 Å². The Morgan fingerprint density at radius 1 is 1.16 bits per heavy atom. The summed E-state index contributed by atoms with van der Waals surface area (Å²) in [5.74, 6) is 0.755. The summed E-state index contributed by atoms with van der Waals surface area (Å²) in [5, 5.41) is 7.06. The van der Waals surface area contributed by atoms with Crippen molar-refractivity contribution in [3.05, 3.63) is 21.4 Å². The van der Waals surface area contributed by atoms with Gasteiger partial charge in [-0.3, -0.25) is 0 Å². The highest BCUT2D eigenvalue weighted by atomic mass is 32.1. The first-order valence-electron chi connectivity index (χ1n) is 7.77. The van der Waals surface area contributed by atoms with E-state index in [1.165, 1.54) is 37.0 Å². The zero-order chi connectivity index (χ0) is 13.5. The summed E-state index contributed by atoms with van der Waals surface area (Å²) in [5.41, 5.74) is 1.63. The molecule has 108 valence electrons. The number of rotatable bonds is 8. The van der Waals surface area contributed by atoms with Gasteiger partial charge in [0.2, 0.25) is 0 Å². The molecule has 1 aliphatic carbocycles. The van der Waals surface area contributed by atoms with Crippen LogP contribution in [-0.4, -0.2) is 19.6 Å². The van der Waals surface area contributed by atoms with Gasteiger partial charge in [-0.1, -0.05) is 13.8 Å². The maximum atomic E-state index is 3.57. The molecule has 0 fully saturated rings. The molecule has 0 radical (unpaired) electrons. The predicted octanol–water partition coefficient (Wildman–Crippen LogP) is 3.35. The lowest BCUT2D eigenvalue weighted by Crippen LogP contribution is -2.24. The molecule has 19 heavy (non-hydrogen) atoms. The molecule has 1 heterocycles. The molecule has 0 unspecified atom stereocenters. The van der Waals surface area contributed by atoms with Crippen LogP contribution >= 0.6 is 11.3 Å². The maximum Gasteiger partial charge on any atom is 0.0299 e. The first kappa shape index (κ1) is 15.0. The van der Waals surface area contributed by atoms with Crippen LogP contribution in [0.15, 0.2) is 6.07 Å². The first-order valence-corrected chi connectivity index (χ1v) is 8.59. The van der Waals surface area contributed by atoms with Crippen molar-refractivity contribution >= 4 is 11.3 Å². The molecule has 0 saturated heterocycles. The minimum absolute atomic E-state index is 0.755. The normalized spacial score (nSPS) is 14.9. The second kappa shape index (κ2) is 8.03. The minimum atomic E-state index is 0.755. The fourth-order valence-electron chi connectivity index (χ4n) is 2.58. The SMILES string of the molecule is CC(C)CNCCCNCc1cc2c(s1)CCCC2. The third-order valence-electron chi connectivity index (χ3n) is 3.61. The monoisotopic (exact) mass is 280 g/mol. The third kappa shape index (κ3) is 5.25. The van der Waals surface area contributed by atoms with Crippen molar-refractivity contribution in [1.29, 1.82) is 0 Å². The summed E-state index contributed by atoms with van der Waals surface area (Å²) in [6.45, 7) is 8.95. The Hall–Kier alpha value is -0.380. The van der Waals surface area contributed by atoms with E-state index in [1.54, 1.807) is 10.4 Å². The lowest BCUT2D eigenvalue weighted by Gasteiger charge is -2.08. The molecule has 3 heteroatoms. The fourth-order valence-corrected chi connectivity index (χ4v) is 3.81. The van der Waals surface area contributed by atoms with Crippen molar-refractivity contribution in [1.82, 2.24) is 10.6 Å². The smallest absolute Gasteiger partial charge is 0.0299 e. The summed E-state index contributed by atoms with van der Waals surface area (Å²) in [4.78, 5) is 3.18. The maximum absolute atomic E-state index is 3.57. The Balaban J connectivity index is 1.57. The number of aryl methyl sites for hydroxylation is 2. The summed E-state index contributed by atoms with van der Waals surface area (Å²) >= 11 is 2.03. The average molecular weight is 280 g/mol. The highest BCUT2D eigenvalue weighted by molar-refractivity contribution is 7.12. The van der Waals surface area contributed by atoms with Gasteiger partial charge in [-0.05, 0) is 69.3 Å². The van der Waals surface area contributed by atoms with Gasteiger partial charge < -0.3 is 10.6 Å². The summed E-state index contributed by atoms with van der Waals surface area (Å²) in [6.07, 6.45) is 6.63. The molecule has 0 aliphatic heterocycles. The lowest BCUT2D eigenvalue weighted by atomic mass is 9.99. The molecule has 2 nitrogen and oxygen atoms in total. The first-order chi connectivity index (χ1) is 9.25. The van der Waals surface area contributed by atoms with Crippen LogP contribution in [0.25, 0.3) is 0 Å². The van der Waals surface area contributed by atoms with Crippen LogP contribution in [0, 0.1) is 5.92 Å². The van der Waals surface area contributed by atoms with E-state index < -0.39 is 0 Å². The highest BCUT2D eigenvalue weighted by Crippen LogP contribution is 2.29. The molecule has 1 aromatic rings. The molecule has 2 rings (SSSR count). The Kier molecular flexibility index (Phi) is 6.35. The van der Waals surface area contributed by atoms with Crippen LogP contribution in [-0.2, 0) is 19.4 Å². The second-order valence-electron chi connectivity index (χ2n) is 6.00. The van der Waals surface area contributed by atoms with Gasteiger partial charge in [-0.2, -0.15) is 0 Å². The summed E-state index contributed by atoms with van der Waals surface area (Å²) in [6, 6.07) is 2.43. The van der Waals surface area contributed by atoms with Crippen molar-refractivity contribution in [2.24, 2.45) is 5.92 Å². The molecule has 0 bridgehead atoms. The van der Waals surface area contributed by atoms with Crippen LogP contribution in [0.5, 0.6) is 0 Å². The van der Waals surface area contributed by atoms with E-state index in [-0.39, 0.29) is 0 Å². The van der Waals surface area contributed by atoms with Gasteiger partial charge in [-0.15, -0.1) is 11.3 Å². The molecule has 1 aliphatic rings. The summed E-state index contributed by atoms with van der Waals surface area (Å²) < 4.78 is 0. The van der Waals surface area contributed by atoms with E-state index in [9.17, 15) is 0 Å². The zero-order valence-corrected chi connectivity index (χ0v) is 13.2. The van der Waals surface area contributed by atoms with Gasteiger partial charge in [0.1, 0.15) is 0 Å². The number of fused-ring (bicyclic) bond motifs is 1. The van der Waals surface area contributed by atoms with E-state index in [4.69, 9.17) is 0 Å². The zero-order valence-electron chi connectivity index (χ0n) is 12.4. The summed E-state index contributed by atoms with van der Waals surface area (Å²) in [7, 11) is 0. The standard InChI is InChI=1S/C16H28N2S/c1-13(2)11-17-8-5-9-18-12-15-10-14-6-3-4-7-16(14)19-15/h10,13,17-18H,3-9,11-12H2,1-2H3. The van der Waals surface area contributed by atoms with E-state index >= 15 is 0 Å². The van der Waals surface area contributed by atoms with Gasteiger partial charge in [0.15, 0.2) is 0 Å². The number of nitrogens with one attached hydrogen (secondary N) is 2. The van der Waals surface area contributed by atoms with E-state index in [0.717, 1.165) is 32.1 Å². The third-order valence-corrected chi connectivity index (χ3v) is 4.84. The van der Waals surface area contributed by atoms with Crippen LogP contribution in [0.1, 0.15) is 48.4 Å². The Morgan fingerprint density at radius 2 is 1.95 bits per heavy atom. The highest BCUT2D eigenvalue weighted by Gasteiger charge is 2.12. The molecule has 0 aromatic carbocycles. The minimum Gasteiger partial charge on any atom is -0.316 e. The Labute approximate surface area is 122 Å². The molecule has 0 spiro atoms. The fraction of sp³-hybridized carbons (Fsp3) is 0.750. The van der Waals surface area contributed by atoms with Gasteiger partial charge in [-0.25, -0.2) is 0 Å².